The zero-order valence-electron chi connectivity index (χ0n) is 6.87. The maximum absolute atomic E-state index is 5.34. The first-order valence-electron chi connectivity index (χ1n) is 3.13. The summed E-state index contributed by atoms with van der Waals surface area (Å²) in [4.78, 5) is 0. The predicted octanol–water partition coefficient (Wildman–Crippen LogP) is -6.37. The number of rotatable bonds is 8. The number of hydrogen-bond donors (Lipinski definition) is 0. The summed E-state index contributed by atoms with van der Waals surface area (Å²) in [5.74, 6) is 0. The van der Waals surface area contributed by atoms with Gasteiger partial charge in [-0.25, -0.2) is 0 Å². The van der Waals surface area contributed by atoms with Crippen molar-refractivity contribution in [3.63, 3.8) is 0 Å². The first-order valence-corrected chi connectivity index (χ1v) is 16.2. The van der Waals surface area contributed by atoms with Gasteiger partial charge in [0.15, 0.2) is 0 Å². The van der Waals surface area contributed by atoms with Crippen LogP contribution in [0, 0.1) is 0 Å². The molecule has 5 nitrogen and oxygen atoms in total. The van der Waals surface area contributed by atoms with Gasteiger partial charge in [0.05, 0.1) is 0 Å². The summed E-state index contributed by atoms with van der Waals surface area (Å²) in [6, 6.07) is 0. The molecule has 0 heterocycles. The van der Waals surface area contributed by atoms with Gasteiger partial charge in [-0.2, -0.15) is 0 Å². The molecule has 0 aromatic rings. The van der Waals surface area contributed by atoms with E-state index in [0.717, 1.165) is 0 Å². The summed E-state index contributed by atoms with van der Waals surface area (Å²) < 4.78 is 26.1. The van der Waals surface area contributed by atoms with E-state index in [9.17, 15) is 0 Å². The van der Waals surface area contributed by atoms with Crippen molar-refractivity contribution in [3.8, 4) is 0 Å². The quantitative estimate of drug-likeness (QED) is 0.231. The Kier molecular flexibility index (Phi) is 16.7. The van der Waals surface area contributed by atoms with Crippen LogP contribution >= 0.6 is 0 Å². The molecule has 0 radical (unpaired) electrons. The molecule has 0 saturated carbocycles. The monoisotopic (exact) mass is 538 g/mol. The van der Waals surface area contributed by atoms with Crippen LogP contribution in [0.5, 0.6) is 0 Å². The van der Waals surface area contributed by atoms with Crippen molar-refractivity contribution in [2.45, 2.75) is 0 Å². The van der Waals surface area contributed by atoms with Crippen molar-refractivity contribution >= 4 is 98.1 Å². The number of hydrogen-bond acceptors (Lipinski definition) is 5. The average Bonchev–Trinajstić information content (AvgIpc) is 2.03. The summed E-state index contributed by atoms with van der Waals surface area (Å²) in [6.07, 6.45) is 0. The van der Waals surface area contributed by atoms with E-state index in [1.54, 1.807) is 0 Å². The third-order valence-corrected chi connectivity index (χ3v) is 19.9. The Morgan fingerprint density at radius 1 is 0.636 bits per heavy atom. The molecule has 0 bridgehead atoms. The van der Waals surface area contributed by atoms with Gasteiger partial charge in [0.2, 0.25) is 0 Å². The minimum atomic E-state index is -1.08. The van der Waals surface area contributed by atoms with E-state index in [1.807, 2.05) is 0 Å². The van der Waals surface area contributed by atoms with Crippen molar-refractivity contribution in [2.75, 3.05) is 0 Å². The molecule has 0 spiro atoms. The van der Waals surface area contributed by atoms with E-state index in [1.165, 1.54) is 0 Å². The molecule has 0 aliphatic heterocycles. The first kappa shape index (κ1) is 14.1. The molecular formula is H14Ge6O5. The summed E-state index contributed by atoms with van der Waals surface area (Å²) >= 11 is -3.07. The van der Waals surface area contributed by atoms with Crippen molar-refractivity contribution in [1.82, 2.24) is 0 Å². The van der Waals surface area contributed by atoms with Crippen molar-refractivity contribution in [1.29, 1.82) is 0 Å². The molecule has 0 saturated heterocycles. The summed E-state index contributed by atoms with van der Waals surface area (Å²) in [7, 11) is 0. The van der Waals surface area contributed by atoms with Gasteiger partial charge in [-0.1, -0.05) is 0 Å². The van der Waals surface area contributed by atoms with Crippen LogP contribution < -0.4 is 0 Å². The van der Waals surface area contributed by atoms with Crippen LogP contribution in [0.1, 0.15) is 0 Å². The predicted molar refractivity (Wildman–Crippen MR) is 59.5 cm³/mol. The molecular weight excluding hydrogens is 516 g/mol. The molecule has 0 aromatic carbocycles. The normalized spacial score (nSPS) is 15.3. The van der Waals surface area contributed by atoms with Crippen LogP contribution in [0.15, 0.2) is 0 Å². The van der Waals surface area contributed by atoms with Gasteiger partial charge in [-0.05, 0) is 0 Å². The van der Waals surface area contributed by atoms with Crippen LogP contribution in [-0.4, -0.2) is 98.1 Å². The molecule has 0 fully saturated rings. The van der Waals surface area contributed by atoms with Gasteiger partial charge in [0.1, 0.15) is 0 Å². The Morgan fingerprint density at radius 3 is 1.36 bits per heavy atom. The van der Waals surface area contributed by atoms with E-state index in [0.29, 0.717) is 33.7 Å². The fourth-order valence-corrected chi connectivity index (χ4v) is 42.7. The standard InChI is InChI=1S/Ge6H14O5/c1-7-3-9-5-11-6-10-4-8-2/h3-6H2,1-2H3. The van der Waals surface area contributed by atoms with Gasteiger partial charge >= 0.3 is 112 Å². The molecule has 0 amide bonds. The second kappa shape index (κ2) is 13.1. The molecule has 11 heavy (non-hydrogen) atoms. The molecule has 0 unspecified atom stereocenters. The van der Waals surface area contributed by atoms with Crippen LogP contribution in [0.3, 0.4) is 0 Å². The Bertz CT molecular complexity index is 60.0. The maximum atomic E-state index is 5.34. The Hall–Kier alpha value is 3.06. The van der Waals surface area contributed by atoms with Gasteiger partial charge < -0.3 is 0 Å². The molecule has 68 valence electrons. The second-order valence-corrected chi connectivity index (χ2v) is 34.6. The van der Waals surface area contributed by atoms with Crippen LogP contribution in [-0.2, 0) is 14.0 Å². The van der Waals surface area contributed by atoms with Gasteiger partial charge in [0.25, 0.3) is 0 Å². The van der Waals surface area contributed by atoms with Gasteiger partial charge in [0, 0.05) is 0 Å². The molecule has 0 aliphatic rings. The summed E-state index contributed by atoms with van der Waals surface area (Å²) in [5, 5.41) is 0. The SMILES string of the molecule is [GeH3][O][GeH2][O][GeH2][O][GeH2][O][GeH2][O][GeH3]. The fraction of sp³-hybridized carbons (Fsp3) is 0. The van der Waals surface area contributed by atoms with E-state index in [4.69, 9.17) is 14.0 Å². The molecule has 0 aliphatic carbocycles. The Balaban J connectivity index is 2.69. The molecule has 0 N–H and O–H groups in total. The van der Waals surface area contributed by atoms with Crippen LogP contribution in [0.4, 0.5) is 0 Å². The zero-order valence-corrected chi connectivity index (χ0v) is 27.1. The third-order valence-electron chi connectivity index (χ3n) is 0.736. The van der Waals surface area contributed by atoms with E-state index in [2.05, 4.69) is 0 Å². The third kappa shape index (κ3) is 13.1. The van der Waals surface area contributed by atoms with Crippen molar-refractivity contribution < 1.29 is 14.0 Å². The molecule has 0 aromatic heterocycles. The first-order chi connectivity index (χ1) is 5.41. The van der Waals surface area contributed by atoms with Crippen molar-refractivity contribution in [2.24, 2.45) is 0 Å². The summed E-state index contributed by atoms with van der Waals surface area (Å²) in [5.41, 5.74) is 0. The van der Waals surface area contributed by atoms with E-state index in [-0.39, 0.29) is 0 Å². The fourth-order valence-electron chi connectivity index (χ4n) is 0.387. The van der Waals surface area contributed by atoms with Crippen LogP contribution in [0.2, 0.25) is 0 Å². The van der Waals surface area contributed by atoms with E-state index >= 15 is 0 Å². The minimum absolute atomic E-state index is 0.519. The van der Waals surface area contributed by atoms with E-state index < -0.39 is 64.4 Å². The average molecular weight is 530 g/mol. The van der Waals surface area contributed by atoms with Gasteiger partial charge in [-0.15, -0.1) is 0 Å². The summed E-state index contributed by atoms with van der Waals surface area (Å²) in [6.45, 7) is 0. The molecule has 0 rings (SSSR count). The Morgan fingerprint density at radius 2 is 1.00 bits per heavy atom. The van der Waals surface area contributed by atoms with Crippen LogP contribution in [0.25, 0.3) is 0 Å². The van der Waals surface area contributed by atoms with Crippen molar-refractivity contribution in [3.05, 3.63) is 0 Å². The zero-order chi connectivity index (χ0) is 8.36. The molecule has 11 heteroatoms. The topological polar surface area (TPSA) is 46.2 Å². The second-order valence-electron chi connectivity index (χ2n) is 1.66. The van der Waals surface area contributed by atoms with Gasteiger partial charge in [-0.3, -0.25) is 0 Å². The molecule has 0 atom stereocenters. The Labute approximate surface area is 110 Å².